The monoisotopic (exact) mass is 149 g/mol. The maximum atomic E-state index is 4.44. The van der Waals surface area contributed by atoms with E-state index in [2.05, 4.69) is 31.8 Å². The van der Waals surface area contributed by atoms with Gasteiger partial charge in [-0.05, 0) is 12.3 Å². The summed E-state index contributed by atoms with van der Waals surface area (Å²) in [5.74, 6) is 1.50. The number of fused-ring (bicyclic) bond motifs is 1. The zero-order valence-electron chi connectivity index (χ0n) is 7.46. The molecule has 0 saturated heterocycles. The largest absolute Gasteiger partial charge is 0.265 e. The van der Waals surface area contributed by atoms with Crippen LogP contribution in [0.15, 0.2) is 17.3 Å². The summed E-state index contributed by atoms with van der Waals surface area (Å²) in [6, 6.07) is 0. The lowest BCUT2D eigenvalue weighted by Gasteiger charge is -2.15. The predicted octanol–water partition coefficient (Wildman–Crippen LogP) is 2.64. The molecule has 1 nitrogen and oxygen atoms in total. The van der Waals surface area contributed by atoms with Crippen LogP contribution in [0, 0.1) is 17.3 Å². The van der Waals surface area contributed by atoms with Crippen LogP contribution in [0.2, 0.25) is 0 Å². The van der Waals surface area contributed by atoms with Crippen LogP contribution in [0.1, 0.15) is 27.2 Å². The van der Waals surface area contributed by atoms with Crippen molar-refractivity contribution in [2.24, 2.45) is 22.2 Å². The van der Waals surface area contributed by atoms with Crippen molar-refractivity contribution in [2.75, 3.05) is 0 Å². The van der Waals surface area contributed by atoms with E-state index in [0.717, 1.165) is 11.8 Å². The Morgan fingerprint density at radius 2 is 2.27 bits per heavy atom. The van der Waals surface area contributed by atoms with Gasteiger partial charge < -0.3 is 0 Å². The molecule has 0 aromatic rings. The van der Waals surface area contributed by atoms with Crippen LogP contribution in [-0.4, -0.2) is 5.71 Å². The van der Waals surface area contributed by atoms with Crippen LogP contribution in [0.5, 0.6) is 0 Å². The summed E-state index contributed by atoms with van der Waals surface area (Å²) in [7, 11) is 0. The van der Waals surface area contributed by atoms with Gasteiger partial charge in [0.15, 0.2) is 0 Å². The fourth-order valence-corrected chi connectivity index (χ4v) is 2.20. The molecule has 1 aliphatic carbocycles. The molecule has 1 fully saturated rings. The van der Waals surface area contributed by atoms with Gasteiger partial charge in [0.1, 0.15) is 0 Å². The Bertz CT molecular complexity index is 239. The van der Waals surface area contributed by atoms with Crippen LogP contribution in [0.4, 0.5) is 0 Å². The molecule has 1 unspecified atom stereocenters. The fraction of sp³-hybridized carbons (Fsp3) is 0.700. The molecule has 1 heteroatoms. The molecule has 0 bridgehead atoms. The van der Waals surface area contributed by atoms with Crippen LogP contribution in [0.3, 0.4) is 0 Å². The Morgan fingerprint density at radius 1 is 1.55 bits per heavy atom. The molecule has 2 rings (SSSR count). The highest BCUT2D eigenvalue weighted by molar-refractivity contribution is 6.08. The number of allylic oxidation sites excluding steroid dienone is 1. The first-order valence-electron chi connectivity index (χ1n) is 4.40. The minimum absolute atomic E-state index is 0.434. The number of rotatable bonds is 0. The van der Waals surface area contributed by atoms with Crippen molar-refractivity contribution in [3.05, 3.63) is 12.3 Å². The van der Waals surface area contributed by atoms with E-state index < -0.39 is 0 Å². The molecule has 1 heterocycles. The lowest BCUT2D eigenvalue weighted by Crippen LogP contribution is -2.11. The van der Waals surface area contributed by atoms with Gasteiger partial charge in [-0.2, -0.15) is 0 Å². The zero-order valence-corrected chi connectivity index (χ0v) is 7.46. The van der Waals surface area contributed by atoms with Crippen LogP contribution >= 0.6 is 0 Å². The Morgan fingerprint density at radius 3 is 3.00 bits per heavy atom. The summed E-state index contributed by atoms with van der Waals surface area (Å²) in [5.41, 5.74) is 1.85. The van der Waals surface area contributed by atoms with E-state index in [0.29, 0.717) is 5.41 Å². The minimum atomic E-state index is 0.434. The number of hydrogen-bond donors (Lipinski definition) is 0. The average molecular weight is 149 g/mol. The van der Waals surface area contributed by atoms with Crippen LogP contribution < -0.4 is 0 Å². The number of hydrogen-bond acceptors (Lipinski definition) is 1. The van der Waals surface area contributed by atoms with E-state index in [9.17, 15) is 0 Å². The summed E-state index contributed by atoms with van der Waals surface area (Å²) in [4.78, 5) is 4.44. The highest BCUT2D eigenvalue weighted by atomic mass is 14.8. The molecule has 0 radical (unpaired) electrons. The molecular formula is C10H15N. The number of nitrogens with zero attached hydrogens (tertiary/aromatic N) is 1. The summed E-state index contributed by atoms with van der Waals surface area (Å²) >= 11 is 0. The van der Waals surface area contributed by atoms with Gasteiger partial charge in [0.25, 0.3) is 0 Å². The van der Waals surface area contributed by atoms with Gasteiger partial charge in [-0.25, -0.2) is 0 Å². The molecule has 0 aromatic heterocycles. The van der Waals surface area contributed by atoms with Crippen molar-refractivity contribution in [1.29, 1.82) is 0 Å². The van der Waals surface area contributed by atoms with Crippen molar-refractivity contribution >= 4 is 5.71 Å². The maximum absolute atomic E-state index is 4.44. The lowest BCUT2D eigenvalue weighted by atomic mass is 9.88. The van der Waals surface area contributed by atoms with E-state index in [1.807, 2.05) is 6.20 Å². The molecule has 60 valence electrons. The quantitative estimate of drug-likeness (QED) is 0.502. The van der Waals surface area contributed by atoms with Gasteiger partial charge in [0.2, 0.25) is 0 Å². The van der Waals surface area contributed by atoms with Gasteiger partial charge in [-0.3, -0.25) is 4.99 Å². The predicted molar refractivity (Wildman–Crippen MR) is 47.6 cm³/mol. The Balaban J connectivity index is 2.35. The highest BCUT2D eigenvalue weighted by Gasteiger charge is 2.57. The topological polar surface area (TPSA) is 12.4 Å². The molecule has 0 aromatic carbocycles. The van der Waals surface area contributed by atoms with Crippen molar-refractivity contribution in [3.8, 4) is 0 Å². The Hall–Kier alpha value is -0.590. The fourth-order valence-electron chi connectivity index (χ4n) is 2.20. The summed E-state index contributed by atoms with van der Waals surface area (Å²) < 4.78 is 0. The summed E-state index contributed by atoms with van der Waals surface area (Å²) in [6.45, 7) is 6.96. The van der Waals surface area contributed by atoms with Gasteiger partial charge in [0.05, 0.1) is 0 Å². The standard InChI is InChI=1S/C10H15N/c1-7-5-4-6-11-9-8(2)10(7,9)3/h4,6-8H,5H2,1-3H3/t7-,8?,10-/m1/s1. The molecule has 11 heavy (non-hydrogen) atoms. The van der Waals surface area contributed by atoms with Gasteiger partial charge >= 0.3 is 0 Å². The van der Waals surface area contributed by atoms with E-state index in [1.54, 1.807) is 0 Å². The second kappa shape index (κ2) is 1.96. The summed E-state index contributed by atoms with van der Waals surface area (Å²) in [5, 5.41) is 0. The molecular weight excluding hydrogens is 134 g/mol. The second-order valence-corrected chi connectivity index (χ2v) is 4.04. The lowest BCUT2D eigenvalue weighted by molar-refractivity contribution is 0.361. The number of aliphatic imine (C=N–C) groups is 1. The molecule has 1 aliphatic heterocycles. The van der Waals surface area contributed by atoms with Crippen molar-refractivity contribution in [1.82, 2.24) is 0 Å². The van der Waals surface area contributed by atoms with E-state index >= 15 is 0 Å². The maximum Gasteiger partial charge on any atom is 0.0284 e. The summed E-state index contributed by atoms with van der Waals surface area (Å²) in [6.07, 6.45) is 5.34. The minimum Gasteiger partial charge on any atom is -0.265 e. The van der Waals surface area contributed by atoms with Crippen molar-refractivity contribution in [2.45, 2.75) is 27.2 Å². The first-order chi connectivity index (χ1) is 5.17. The van der Waals surface area contributed by atoms with Gasteiger partial charge in [0, 0.05) is 23.2 Å². The van der Waals surface area contributed by atoms with E-state index in [-0.39, 0.29) is 0 Å². The third-order valence-electron chi connectivity index (χ3n) is 3.61. The normalized spacial score (nSPS) is 47.7. The SMILES string of the molecule is CC1C2=NC=CC[C@@H](C)[C@@]21C. The molecule has 0 N–H and O–H groups in total. The molecule has 0 amide bonds. The first kappa shape index (κ1) is 7.08. The molecule has 1 saturated carbocycles. The average Bonchev–Trinajstić information content (AvgIpc) is 2.54. The smallest absolute Gasteiger partial charge is 0.0284 e. The zero-order chi connectivity index (χ0) is 8.06. The Labute approximate surface area is 68.2 Å². The van der Waals surface area contributed by atoms with E-state index in [4.69, 9.17) is 0 Å². The van der Waals surface area contributed by atoms with Gasteiger partial charge in [-0.15, -0.1) is 0 Å². The van der Waals surface area contributed by atoms with Crippen LogP contribution in [-0.2, 0) is 0 Å². The molecule has 2 aliphatic rings. The third-order valence-corrected chi connectivity index (χ3v) is 3.61. The second-order valence-electron chi connectivity index (χ2n) is 4.04. The van der Waals surface area contributed by atoms with Gasteiger partial charge in [-0.1, -0.05) is 26.8 Å². The molecule has 0 spiro atoms. The van der Waals surface area contributed by atoms with Crippen LogP contribution in [0.25, 0.3) is 0 Å². The molecule has 3 atom stereocenters. The van der Waals surface area contributed by atoms with Crippen molar-refractivity contribution < 1.29 is 0 Å². The third kappa shape index (κ3) is 0.741. The van der Waals surface area contributed by atoms with Crippen molar-refractivity contribution in [3.63, 3.8) is 0 Å². The van der Waals surface area contributed by atoms with E-state index in [1.165, 1.54) is 12.1 Å². The Kier molecular flexibility index (Phi) is 1.26. The highest BCUT2D eigenvalue weighted by Crippen LogP contribution is 2.56. The first-order valence-corrected chi connectivity index (χ1v) is 4.40.